The van der Waals surface area contributed by atoms with Crippen molar-refractivity contribution in [2.24, 2.45) is 5.92 Å². The lowest BCUT2D eigenvalue weighted by Gasteiger charge is -2.14. The summed E-state index contributed by atoms with van der Waals surface area (Å²) in [6.45, 7) is 2.24. The van der Waals surface area contributed by atoms with Gasteiger partial charge in [-0.15, -0.1) is 0 Å². The van der Waals surface area contributed by atoms with Crippen LogP contribution in [0, 0.1) is 16.0 Å². The maximum atomic E-state index is 10.5. The zero-order valence-corrected chi connectivity index (χ0v) is 10.1. The van der Waals surface area contributed by atoms with Gasteiger partial charge in [0.15, 0.2) is 0 Å². The Hall–Kier alpha value is -1.58. The maximum absolute atomic E-state index is 10.5. The van der Waals surface area contributed by atoms with Crippen molar-refractivity contribution in [2.45, 2.75) is 38.6 Å². The van der Waals surface area contributed by atoms with Crippen LogP contribution in [-0.4, -0.2) is 11.0 Å². The lowest BCUT2D eigenvalue weighted by molar-refractivity contribution is -0.384. The van der Waals surface area contributed by atoms with Gasteiger partial charge in [-0.25, -0.2) is 0 Å². The molecule has 0 heterocycles. The van der Waals surface area contributed by atoms with E-state index in [-0.39, 0.29) is 10.6 Å². The Balaban J connectivity index is 1.93. The van der Waals surface area contributed by atoms with E-state index in [2.05, 4.69) is 12.2 Å². The molecular weight excluding hydrogens is 216 g/mol. The highest BCUT2D eigenvalue weighted by Crippen LogP contribution is 2.30. The SMILES string of the molecule is CCC1CCC(Nc2ccc([N+](=O)[O-])cc2)C1. The number of benzene rings is 1. The Morgan fingerprint density at radius 2 is 2.06 bits per heavy atom. The fourth-order valence-corrected chi connectivity index (χ4v) is 2.49. The Morgan fingerprint density at radius 1 is 1.35 bits per heavy atom. The Labute approximate surface area is 101 Å². The average Bonchev–Trinajstić information content (AvgIpc) is 2.77. The Bertz CT molecular complexity index is 389. The van der Waals surface area contributed by atoms with Crippen LogP contribution in [0.4, 0.5) is 11.4 Å². The van der Waals surface area contributed by atoms with Crippen LogP contribution in [0.15, 0.2) is 24.3 Å². The smallest absolute Gasteiger partial charge is 0.269 e. The van der Waals surface area contributed by atoms with Crippen LogP contribution in [-0.2, 0) is 0 Å². The summed E-state index contributed by atoms with van der Waals surface area (Å²) < 4.78 is 0. The first kappa shape index (κ1) is 11.9. The van der Waals surface area contributed by atoms with Gasteiger partial charge in [-0.05, 0) is 37.3 Å². The molecule has 1 aliphatic rings. The van der Waals surface area contributed by atoms with Gasteiger partial charge in [0, 0.05) is 23.9 Å². The summed E-state index contributed by atoms with van der Waals surface area (Å²) in [5.41, 5.74) is 1.13. The van der Waals surface area contributed by atoms with E-state index in [1.54, 1.807) is 24.3 Å². The number of nitrogens with one attached hydrogen (secondary N) is 1. The molecule has 0 aromatic heterocycles. The molecule has 92 valence electrons. The summed E-state index contributed by atoms with van der Waals surface area (Å²) in [5, 5.41) is 14.0. The third-order valence-corrected chi connectivity index (χ3v) is 3.57. The van der Waals surface area contributed by atoms with Crippen molar-refractivity contribution in [2.75, 3.05) is 5.32 Å². The van der Waals surface area contributed by atoms with Crippen molar-refractivity contribution < 1.29 is 4.92 Å². The van der Waals surface area contributed by atoms with Gasteiger partial charge < -0.3 is 5.32 Å². The van der Waals surface area contributed by atoms with E-state index in [9.17, 15) is 10.1 Å². The first-order chi connectivity index (χ1) is 8.19. The summed E-state index contributed by atoms with van der Waals surface area (Å²) >= 11 is 0. The van der Waals surface area contributed by atoms with Crippen molar-refractivity contribution in [3.63, 3.8) is 0 Å². The number of nitro benzene ring substituents is 1. The molecule has 1 fully saturated rings. The van der Waals surface area contributed by atoms with E-state index in [0.717, 1.165) is 11.6 Å². The van der Waals surface area contributed by atoms with E-state index in [1.807, 2.05) is 0 Å². The number of hydrogen-bond donors (Lipinski definition) is 1. The van der Waals surface area contributed by atoms with Crippen LogP contribution < -0.4 is 5.32 Å². The second kappa shape index (κ2) is 5.17. The zero-order valence-electron chi connectivity index (χ0n) is 10.1. The van der Waals surface area contributed by atoms with Gasteiger partial charge in [-0.2, -0.15) is 0 Å². The first-order valence-electron chi connectivity index (χ1n) is 6.20. The van der Waals surface area contributed by atoms with Crippen LogP contribution in [0.3, 0.4) is 0 Å². The standard InChI is InChI=1S/C13H18N2O2/c1-2-10-3-4-12(9-10)14-11-5-7-13(8-6-11)15(16)17/h5-8,10,12,14H,2-4,9H2,1H3. The summed E-state index contributed by atoms with van der Waals surface area (Å²) in [4.78, 5) is 10.2. The quantitative estimate of drug-likeness (QED) is 0.639. The van der Waals surface area contributed by atoms with Gasteiger partial charge >= 0.3 is 0 Å². The number of hydrogen-bond acceptors (Lipinski definition) is 3. The fraction of sp³-hybridized carbons (Fsp3) is 0.538. The van der Waals surface area contributed by atoms with Crippen LogP contribution in [0.2, 0.25) is 0 Å². The molecule has 2 rings (SSSR count). The molecular formula is C13H18N2O2. The molecule has 17 heavy (non-hydrogen) atoms. The van der Waals surface area contributed by atoms with Gasteiger partial charge in [0.2, 0.25) is 0 Å². The van der Waals surface area contributed by atoms with Crippen LogP contribution in [0.25, 0.3) is 0 Å². The van der Waals surface area contributed by atoms with Crippen LogP contribution >= 0.6 is 0 Å². The predicted molar refractivity (Wildman–Crippen MR) is 68.1 cm³/mol. The average molecular weight is 234 g/mol. The molecule has 1 saturated carbocycles. The summed E-state index contributed by atoms with van der Waals surface area (Å²) in [6.07, 6.45) is 4.96. The van der Waals surface area contributed by atoms with E-state index in [0.29, 0.717) is 6.04 Å². The Kier molecular flexibility index (Phi) is 3.61. The predicted octanol–water partition coefficient (Wildman–Crippen LogP) is 3.59. The molecule has 4 heteroatoms. The van der Waals surface area contributed by atoms with Gasteiger partial charge in [0.25, 0.3) is 5.69 Å². The van der Waals surface area contributed by atoms with Gasteiger partial charge in [-0.3, -0.25) is 10.1 Å². The normalized spacial score (nSPS) is 23.6. The molecule has 2 atom stereocenters. The van der Waals surface area contributed by atoms with E-state index in [4.69, 9.17) is 0 Å². The number of rotatable bonds is 4. The maximum Gasteiger partial charge on any atom is 0.269 e. The molecule has 0 spiro atoms. The molecule has 0 bridgehead atoms. The zero-order chi connectivity index (χ0) is 12.3. The lowest BCUT2D eigenvalue weighted by Crippen LogP contribution is -2.15. The molecule has 1 aromatic rings. The van der Waals surface area contributed by atoms with Gasteiger partial charge in [-0.1, -0.05) is 13.3 Å². The van der Waals surface area contributed by atoms with Gasteiger partial charge in [0.05, 0.1) is 4.92 Å². The molecule has 1 aromatic carbocycles. The van der Waals surface area contributed by atoms with Crippen molar-refractivity contribution in [3.8, 4) is 0 Å². The van der Waals surface area contributed by atoms with E-state index < -0.39 is 0 Å². The highest BCUT2D eigenvalue weighted by atomic mass is 16.6. The molecule has 2 unspecified atom stereocenters. The third-order valence-electron chi connectivity index (χ3n) is 3.57. The highest BCUT2D eigenvalue weighted by Gasteiger charge is 2.22. The number of nitro groups is 1. The summed E-state index contributed by atoms with van der Waals surface area (Å²) in [7, 11) is 0. The van der Waals surface area contributed by atoms with Crippen LogP contribution in [0.1, 0.15) is 32.6 Å². The van der Waals surface area contributed by atoms with Crippen molar-refractivity contribution in [1.29, 1.82) is 0 Å². The minimum absolute atomic E-state index is 0.147. The number of nitrogens with zero attached hydrogens (tertiary/aromatic N) is 1. The minimum atomic E-state index is -0.369. The molecule has 1 N–H and O–H groups in total. The monoisotopic (exact) mass is 234 g/mol. The molecule has 1 aliphatic carbocycles. The number of non-ortho nitro benzene ring substituents is 1. The topological polar surface area (TPSA) is 55.2 Å². The van der Waals surface area contributed by atoms with Crippen molar-refractivity contribution in [3.05, 3.63) is 34.4 Å². The molecule has 0 radical (unpaired) electrons. The largest absolute Gasteiger partial charge is 0.382 e. The second-order valence-electron chi connectivity index (χ2n) is 4.73. The lowest BCUT2D eigenvalue weighted by atomic mass is 10.1. The van der Waals surface area contributed by atoms with E-state index in [1.165, 1.54) is 25.7 Å². The minimum Gasteiger partial charge on any atom is -0.382 e. The molecule has 4 nitrogen and oxygen atoms in total. The van der Waals surface area contributed by atoms with Crippen LogP contribution in [0.5, 0.6) is 0 Å². The fourth-order valence-electron chi connectivity index (χ4n) is 2.49. The first-order valence-corrected chi connectivity index (χ1v) is 6.20. The number of anilines is 1. The molecule has 0 saturated heterocycles. The Morgan fingerprint density at radius 3 is 2.59 bits per heavy atom. The summed E-state index contributed by atoms with van der Waals surface area (Å²) in [6, 6.07) is 7.21. The third kappa shape index (κ3) is 2.96. The van der Waals surface area contributed by atoms with Gasteiger partial charge in [0.1, 0.15) is 0 Å². The second-order valence-corrected chi connectivity index (χ2v) is 4.73. The van der Waals surface area contributed by atoms with Crippen molar-refractivity contribution in [1.82, 2.24) is 0 Å². The molecule has 0 aliphatic heterocycles. The van der Waals surface area contributed by atoms with E-state index >= 15 is 0 Å². The molecule has 0 amide bonds. The summed E-state index contributed by atoms with van der Waals surface area (Å²) in [5.74, 6) is 0.838. The van der Waals surface area contributed by atoms with Crippen molar-refractivity contribution >= 4 is 11.4 Å². The highest BCUT2D eigenvalue weighted by molar-refractivity contribution is 5.49.